The first kappa shape index (κ1) is 16.0. The first-order valence-corrected chi connectivity index (χ1v) is 9.04. The van der Waals surface area contributed by atoms with E-state index in [4.69, 9.17) is 4.74 Å². The van der Waals surface area contributed by atoms with Gasteiger partial charge in [0.2, 0.25) is 0 Å². The molecule has 6 heteroatoms. The van der Waals surface area contributed by atoms with Crippen LogP contribution in [0, 0.1) is 0 Å². The molecule has 21 heavy (non-hydrogen) atoms. The number of hydrogen-bond donors (Lipinski definition) is 1. The van der Waals surface area contributed by atoms with Crippen LogP contribution in [0.5, 0.6) is 0 Å². The van der Waals surface area contributed by atoms with Gasteiger partial charge in [-0.1, -0.05) is 30.0 Å². The largest absolute Gasteiger partial charge is 0.463 e. The Morgan fingerprint density at radius 1 is 1.33 bits per heavy atom. The van der Waals surface area contributed by atoms with Crippen molar-refractivity contribution in [2.45, 2.75) is 17.9 Å². The topological polar surface area (TPSA) is 50.7 Å². The molecule has 1 N–H and O–H groups in total. The van der Waals surface area contributed by atoms with Crippen LogP contribution < -0.4 is 5.32 Å². The Morgan fingerprint density at radius 2 is 2.10 bits per heavy atom. The number of ether oxygens (including phenoxy) is 1. The summed E-state index contributed by atoms with van der Waals surface area (Å²) < 4.78 is 5.15. The molecule has 0 bridgehead atoms. The van der Waals surface area contributed by atoms with Crippen LogP contribution in [0.25, 0.3) is 0 Å². The molecule has 4 nitrogen and oxygen atoms in total. The SMILES string of the molecule is CCOC(=O)C1=CNC(SC)=N[C@H]1c1ccccc1SC. The summed E-state index contributed by atoms with van der Waals surface area (Å²) in [7, 11) is 0. The molecule has 0 radical (unpaired) electrons. The Balaban J connectivity index is 2.43. The average Bonchev–Trinajstić information content (AvgIpc) is 2.54. The summed E-state index contributed by atoms with van der Waals surface area (Å²) >= 11 is 3.17. The third kappa shape index (κ3) is 3.63. The van der Waals surface area contributed by atoms with Gasteiger partial charge in [0.05, 0.1) is 12.2 Å². The second kappa shape index (κ2) is 7.56. The number of aliphatic imine (C=N–C) groups is 1. The van der Waals surface area contributed by atoms with Crippen molar-refractivity contribution in [1.29, 1.82) is 0 Å². The molecule has 112 valence electrons. The van der Waals surface area contributed by atoms with E-state index in [1.54, 1.807) is 24.9 Å². The van der Waals surface area contributed by atoms with E-state index in [1.807, 2.05) is 36.8 Å². The smallest absolute Gasteiger partial charge is 0.338 e. The number of amidine groups is 1. The minimum Gasteiger partial charge on any atom is -0.463 e. The predicted octanol–water partition coefficient (Wildman–Crippen LogP) is 3.22. The molecule has 0 aliphatic carbocycles. The highest BCUT2D eigenvalue weighted by Gasteiger charge is 2.28. The summed E-state index contributed by atoms with van der Waals surface area (Å²) in [4.78, 5) is 17.9. The van der Waals surface area contributed by atoms with Gasteiger partial charge in [-0.15, -0.1) is 11.8 Å². The molecule has 1 aromatic rings. The Kier molecular flexibility index (Phi) is 5.76. The molecule has 1 heterocycles. The molecule has 1 aromatic carbocycles. The number of hydrogen-bond acceptors (Lipinski definition) is 6. The highest BCUT2D eigenvalue weighted by Crippen LogP contribution is 2.35. The Morgan fingerprint density at radius 3 is 2.76 bits per heavy atom. The average molecular weight is 322 g/mol. The van der Waals surface area contributed by atoms with Gasteiger partial charge in [0.15, 0.2) is 5.17 Å². The molecule has 0 spiro atoms. The lowest BCUT2D eigenvalue weighted by atomic mass is 9.99. The van der Waals surface area contributed by atoms with Crippen LogP contribution in [0.15, 0.2) is 45.9 Å². The summed E-state index contributed by atoms with van der Waals surface area (Å²) in [5, 5.41) is 3.83. The molecule has 1 atom stereocenters. The number of rotatable bonds is 4. The van der Waals surface area contributed by atoms with Crippen molar-refractivity contribution in [3.05, 3.63) is 41.6 Å². The number of carbonyl (C=O) groups is 1. The van der Waals surface area contributed by atoms with E-state index in [0.717, 1.165) is 15.6 Å². The molecule has 0 fully saturated rings. The Labute approximate surface area is 133 Å². The van der Waals surface area contributed by atoms with Crippen LogP contribution in [-0.2, 0) is 9.53 Å². The van der Waals surface area contributed by atoms with Crippen molar-refractivity contribution in [2.24, 2.45) is 4.99 Å². The Hall–Kier alpha value is -1.40. The Bertz CT molecular complexity index is 585. The molecule has 0 unspecified atom stereocenters. The van der Waals surface area contributed by atoms with Gasteiger partial charge in [-0.2, -0.15) is 0 Å². The maximum atomic E-state index is 12.2. The van der Waals surface area contributed by atoms with Crippen molar-refractivity contribution in [2.75, 3.05) is 19.1 Å². The third-order valence-electron chi connectivity index (χ3n) is 3.03. The molecular formula is C15H18N2O2S2. The minimum absolute atomic E-state index is 0.323. The minimum atomic E-state index is -0.324. The van der Waals surface area contributed by atoms with Crippen molar-refractivity contribution in [3.8, 4) is 0 Å². The lowest BCUT2D eigenvalue weighted by molar-refractivity contribution is -0.138. The lowest BCUT2D eigenvalue weighted by Gasteiger charge is -2.23. The summed E-state index contributed by atoms with van der Waals surface area (Å²) in [5.74, 6) is -0.324. The summed E-state index contributed by atoms with van der Waals surface area (Å²) in [5.41, 5.74) is 1.56. The maximum Gasteiger partial charge on any atom is 0.338 e. The van der Waals surface area contributed by atoms with Crippen molar-refractivity contribution < 1.29 is 9.53 Å². The van der Waals surface area contributed by atoms with E-state index in [-0.39, 0.29) is 12.0 Å². The van der Waals surface area contributed by atoms with E-state index in [1.165, 1.54) is 11.8 Å². The molecule has 0 saturated carbocycles. The fraction of sp³-hybridized carbons (Fsp3) is 0.333. The fourth-order valence-corrected chi connectivity index (χ4v) is 3.09. The number of nitrogens with one attached hydrogen (secondary N) is 1. The first-order chi connectivity index (χ1) is 10.2. The van der Waals surface area contributed by atoms with E-state index < -0.39 is 0 Å². The normalized spacial score (nSPS) is 17.6. The molecule has 0 amide bonds. The zero-order chi connectivity index (χ0) is 15.2. The van der Waals surface area contributed by atoms with Crippen LogP contribution in [0.3, 0.4) is 0 Å². The van der Waals surface area contributed by atoms with Gasteiger partial charge < -0.3 is 10.1 Å². The van der Waals surface area contributed by atoms with Gasteiger partial charge in [-0.25, -0.2) is 9.79 Å². The van der Waals surface area contributed by atoms with Crippen molar-refractivity contribution >= 4 is 34.7 Å². The quantitative estimate of drug-likeness (QED) is 0.681. The van der Waals surface area contributed by atoms with Gasteiger partial charge in [-0.3, -0.25) is 0 Å². The molecule has 0 aromatic heterocycles. The number of esters is 1. The third-order valence-corrected chi connectivity index (χ3v) is 4.45. The standard InChI is InChI=1S/C15H18N2O2S2/c1-4-19-14(18)11-9-16-15(21-3)17-13(11)10-7-5-6-8-12(10)20-2/h5-9,13H,4H2,1-3H3,(H,16,17)/t13-/m0/s1. The number of carbonyl (C=O) groups excluding carboxylic acids is 1. The number of benzene rings is 1. The monoisotopic (exact) mass is 322 g/mol. The van der Waals surface area contributed by atoms with Gasteiger partial charge >= 0.3 is 5.97 Å². The zero-order valence-corrected chi connectivity index (χ0v) is 13.9. The highest BCUT2D eigenvalue weighted by molar-refractivity contribution is 8.13. The van der Waals surface area contributed by atoms with Gasteiger partial charge in [0.25, 0.3) is 0 Å². The van der Waals surface area contributed by atoms with Gasteiger partial charge in [0, 0.05) is 11.1 Å². The molecule has 0 saturated heterocycles. The molecule has 1 aliphatic heterocycles. The summed E-state index contributed by atoms with van der Waals surface area (Å²) in [6.45, 7) is 2.16. The van der Waals surface area contributed by atoms with Crippen LogP contribution in [0.4, 0.5) is 0 Å². The lowest BCUT2D eigenvalue weighted by Crippen LogP contribution is -2.26. The predicted molar refractivity (Wildman–Crippen MR) is 89.8 cm³/mol. The van der Waals surface area contributed by atoms with E-state index in [9.17, 15) is 4.79 Å². The number of thioether (sulfide) groups is 2. The van der Waals surface area contributed by atoms with Crippen LogP contribution in [0.2, 0.25) is 0 Å². The highest BCUT2D eigenvalue weighted by atomic mass is 32.2. The molecular weight excluding hydrogens is 304 g/mol. The van der Waals surface area contributed by atoms with E-state index in [2.05, 4.69) is 10.3 Å². The van der Waals surface area contributed by atoms with Gasteiger partial charge in [0.1, 0.15) is 6.04 Å². The van der Waals surface area contributed by atoms with Crippen LogP contribution in [0.1, 0.15) is 18.5 Å². The summed E-state index contributed by atoms with van der Waals surface area (Å²) in [6.07, 6.45) is 5.68. The maximum absolute atomic E-state index is 12.2. The molecule has 1 aliphatic rings. The summed E-state index contributed by atoms with van der Waals surface area (Å²) in [6, 6.07) is 7.68. The molecule has 2 rings (SSSR count). The van der Waals surface area contributed by atoms with Crippen molar-refractivity contribution in [1.82, 2.24) is 5.32 Å². The van der Waals surface area contributed by atoms with E-state index >= 15 is 0 Å². The van der Waals surface area contributed by atoms with Crippen LogP contribution in [-0.4, -0.2) is 30.3 Å². The van der Waals surface area contributed by atoms with Gasteiger partial charge in [-0.05, 0) is 31.1 Å². The first-order valence-electron chi connectivity index (χ1n) is 6.59. The van der Waals surface area contributed by atoms with E-state index in [0.29, 0.717) is 12.2 Å². The second-order valence-corrected chi connectivity index (χ2v) is 5.89. The number of nitrogens with zero attached hydrogens (tertiary/aromatic N) is 1. The fourth-order valence-electron chi connectivity index (χ4n) is 2.07. The zero-order valence-electron chi connectivity index (χ0n) is 12.3. The van der Waals surface area contributed by atoms with Crippen molar-refractivity contribution in [3.63, 3.8) is 0 Å². The second-order valence-electron chi connectivity index (χ2n) is 4.25. The van der Waals surface area contributed by atoms with Crippen LogP contribution >= 0.6 is 23.5 Å².